The molecule has 1 amide bonds. The van der Waals surface area contributed by atoms with E-state index in [1.165, 1.54) is 12.1 Å². The fraction of sp³-hybridized carbons (Fsp3) is 0.312. The summed E-state index contributed by atoms with van der Waals surface area (Å²) in [5, 5.41) is 25.1. The molecule has 42 heavy (non-hydrogen) atoms. The number of aliphatic hydroxyl groups excluding tert-OH is 1. The quantitative estimate of drug-likeness (QED) is 0.212. The number of aliphatic hydroxyl groups is 1. The number of aromatic nitrogens is 3. The summed E-state index contributed by atoms with van der Waals surface area (Å²) in [5.41, 5.74) is 5.79. The minimum atomic E-state index is -0.669. The number of carbonyl (C=O) groups is 1. The smallest absolute Gasteiger partial charge is 0.251 e. The van der Waals surface area contributed by atoms with Gasteiger partial charge in [-0.1, -0.05) is 26.0 Å². The highest BCUT2D eigenvalue weighted by Gasteiger charge is 2.32. The van der Waals surface area contributed by atoms with Crippen LogP contribution in [0.1, 0.15) is 29.9 Å². The van der Waals surface area contributed by atoms with Crippen molar-refractivity contribution in [2.45, 2.75) is 25.6 Å². The van der Waals surface area contributed by atoms with Crippen molar-refractivity contribution < 1.29 is 19.0 Å². The van der Waals surface area contributed by atoms with E-state index in [2.05, 4.69) is 51.4 Å². The second kappa shape index (κ2) is 11.3. The van der Waals surface area contributed by atoms with Gasteiger partial charge in [-0.2, -0.15) is 5.10 Å². The molecule has 218 valence electrons. The molecular weight excluding hydrogens is 535 g/mol. The summed E-state index contributed by atoms with van der Waals surface area (Å²) in [6, 6.07) is 18.3. The molecule has 1 saturated heterocycles. The van der Waals surface area contributed by atoms with Crippen molar-refractivity contribution in [3.63, 3.8) is 0 Å². The summed E-state index contributed by atoms with van der Waals surface area (Å²) in [7, 11) is 1.69. The van der Waals surface area contributed by atoms with E-state index in [4.69, 9.17) is 4.74 Å². The first-order valence-electron chi connectivity index (χ1n) is 14.1. The van der Waals surface area contributed by atoms with Crippen LogP contribution in [-0.2, 0) is 10.2 Å². The zero-order chi connectivity index (χ0) is 29.4. The van der Waals surface area contributed by atoms with E-state index in [0.717, 1.165) is 57.4 Å². The Bertz CT molecular complexity index is 1730. The third-order valence-electron chi connectivity index (χ3n) is 7.95. The van der Waals surface area contributed by atoms with Crippen LogP contribution in [0.4, 0.5) is 4.39 Å². The molecule has 1 aliphatic heterocycles. The second-order valence-electron chi connectivity index (χ2n) is 11.4. The molecular formula is C32H35FN6O3. The zero-order valence-corrected chi connectivity index (χ0v) is 23.9. The highest BCUT2D eigenvalue weighted by molar-refractivity contribution is 6.06. The molecule has 0 radical (unpaired) electrons. The Morgan fingerprint density at radius 3 is 2.62 bits per heavy atom. The van der Waals surface area contributed by atoms with Gasteiger partial charge in [-0.3, -0.25) is 20.1 Å². The van der Waals surface area contributed by atoms with Crippen molar-refractivity contribution in [1.29, 1.82) is 0 Å². The zero-order valence-electron chi connectivity index (χ0n) is 23.9. The molecule has 0 aliphatic carbocycles. The summed E-state index contributed by atoms with van der Waals surface area (Å²) >= 11 is 0. The molecule has 1 unspecified atom stereocenters. The first kappa shape index (κ1) is 28.0. The highest BCUT2D eigenvalue weighted by Crippen LogP contribution is 2.44. The minimum absolute atomic E-state index is 0.170. The van der Waals surface area contributed by atoms with Gasteiger partial charge in [-0.15, -0.1) is 0 Å². The van der Waals surface area contributed by atoms with Gasteiger partial charge in [0, 0.05) is 72.0 Å². The number of aromatic amines is 1. The van der Waals surface area contributed by atoms with Crippen LogP contribution in [0.15, 0.2) is 66.9 Å². The fourth-order valence-corrected chi connectivity index (χ4v) is 5.97. The van der Waals surface area contributed by atoms with Gasteiger partial charge in [0.2, 0.25) is 0 Å². The van der Waals surface area contributed by atoms with Crippen molar-refractivity contribution in [3.8, 4) is 16.8 Å². The van der Waals surface area contributed by atoms with Gasteiger partial charge in [0.15, 0.2) is 6.35 Å². The summed E-state index contributed by atoms with van der Waals surface area (Å²) in [6.07, 6.45) is 1.13. The van der Waals surface area contributed by atoms with E-state index in [1.54, 1.807) is 25.4 Å². The highest BCUT2D eigenvalue weighted by atomic mass is 19.1. The molecule has 5 aromatic rings. The third-order valence-corrected chi connectivity index (χ3v) is 7.95. The van der Waals surface area contributed by atoms with Crippen LogP contribution in [-0.4, -0.2) is 76.9 Å². The Labute approximate surface area is 243 Å². The molecule has 10 heteroatoms. The molecule has 1 atom stereocenters. The number of hydrogen-bond donors (Lipinski definition) is 4. The molecule has 0 spiro atoms. The SMILES string of the molecule is COCC(C)(C)c1c(-c2ccc(C(=O)NCCN3CCNC3O)cc2)c2cc3[nH]ncc3cc2n1-c1ccc(F)cc1. The van der Waals surface area contributed by atoms with Gasteiger partial charge < -0.3 is 19.7 Å². The van der Waals surface area contributed by atoms with Crippen LogP contribution in [0.25, 0.3) is 38.6 Å². The number of amides is 1. The van der Waals surface area contributed by atoms with Crippen LogP contribution in [0.2, 0.25) is 0 Å². The topological polar surface area (TPSA) is 107 Å². The number of fused-ring (bicyclic) bond motifs is 2. The van der Waals surface area contributed by atoms with Gasteiger partial charge >= 0.3 is 0 Å². The summed E-state index contributed by atoms with van der Waals surface area (Å²) in [5.74, 6) is -0.469. The monoisotopic (exact) mass is 570 g/mol. The van der Waals surface area contributed by atoms with E-state index in [0.29, 0.717) is 25.3 Å². The standard InChI is InChI=1S/C32H35FN6O3/c1-32(2,19-42-3)29-28(20-4-6-21(7-5-20)30(40)34-12-14-38-15-13-35-31(38)41)25-17-26-22(18-36-37-26)16-27(25)39(29)24-10-8-23(33)9-11-24/h4-11,16-18,31,35,41H,12-15,19H2,1-3H3,(H,34,40)(H,36,37). The van der Waals surface area contributed by atoms with Crippen molar-refractivity contribution >= 4 is 27.7 Å². The number of ether oxygens (including phenoxy) is 1. The molecule has 1 aliphatic rings. The van der Waals surface area contributed by atoms with E-state index >= 15 is 0 Å². The maximum absolute atomic E-state index is 14.0. The second-order valence-corrected chi connectivity index (χ2v) is 11.4. The van der Waals surface area contributed by atoms with Crippen LogP contribution >= 0.6 is 0 Å². The molecule has 3 aromatic carbocycles. The first-order chi connectivity index (χ1) is 20.3. The number of benzene rings is 3. The molecule has 2 aromatic heterocycles. The Kier molecular flexibility index (Phi) is 7.54. The van der Waals surface area contributed by atoms with Crippen molar-refractivity contribution in [2.24, 2.45) is 0 Å². The molecule has 4 N–H and O–H groups in total. The van der Waals surface area contributed by atoms with Gasteiger partial charge in [-0.25, -0.2) is 4.39 Å². The van der Waals surface area contributed by atoms with Gasteiger partial charge in [0.05, 0.1) is 23.8 Å². The Balaban J connectivity index is 1.44. The summed E-state index contributed by atoms with van der Waals surface area (Å²) in [4.78, 5) is 14.8. The lowest BCUT2D eigenvalue weighted by atomic mass is 9.84. The Morgan fingerprint density at radius 2 is 1.93 bits per heavy atom. The summed E-state index contributed by atoms with van der Waals surface area (Å²) in [6.45, 7) is 7.18. The van der Waals surface area contributed by atoms with Crippen LogP contribution in [0.3, 0.4) is 0 Å². The van der Waals surface area contributed by atoms with E-state index in [-0.39, 0.29) is 11.7 Å². The summed E-state index contributed by atoms with van der Waals surface area (Å²) < 4.78 is 21.9. The number of methoxy groups -OCH3 is 1. The largest absolute Gasteiger partial charge is 0.384 e. The Morgan fingerprint density at radius 1 is 1.17 bits per heavy atom. The lowest BCUT2D eigenvalue weighted by Gasteiger charge is -2.28. The van der Waals surface area contributed by atoms with Crippen LogP contribution in [0.5, 0.6) is 0 Å². The van der Waals surface area contributed by atoms with Crippen LogP contribution < -0.4 is 10.6 Å². The van der Waals surface area contributed by atoms with Gasteiger partial charge in [0.1, 0.15) is 5.82 Å². The maximum atomic E-state index is 14.0. The van der Waals surface area contributed by atoms with Crippen LogP contribution in [0, 0.1) is 5.82 Å². The molecule has 0 bridgehead atoms. The number of rotatable bonds is 9. The maximum Gasteiger partial charge on any atom is 0.251 e. The van der Waals surface area contributed by atoms with E-state index in [1.807, 2.05) is 29.2 Å². The van der Waals surface area contributed by atoms with Gasteiger partial charge in [0.25, 0.3) is 5.91 Å². The lowest BCUT2D eigenvalue weighted by Crippen LogP contribution is -2.40. The number of nitrogens with zero attached hydrogens (tertiary/aromatic N) is 3. The normalized spacial score (nSPS) is 16.1. The molecule has 0 saturated carbocycles. The molecule has 1 fully saturated rings. The van der Waals surface area contributed by atoms with E-state index < -0.39 is 11.8 Å². The average molecular weight is 571 g/mol. The Hall–Kier alpha value is -4.09. The number of nitrogens with one attached hydrogen (secondary N) is 3. The molecule has 3 heterocycles. The van der Waals surface area contributed by atoms with Crippen molar-refractivity contribution in [1.82, 2.24) is 30.3 Å². The van der Waals surface area contributed by atoms with Crippen molar-refractivity contribution in [3.05, 3.63) is 83.9 Å². The predicted octanol–water partition coefficient (Wildman–Crippen LogP) is 4.15. The van der Waals surface area contributed by atoms with Crippen molar-refractivity contribution in [2.75, 3.05) is 39.9 Å². The number of carbonyl (C=O) groups excluding carboxylic acids is 1. The molecule has 9 nitrogen and oxygen atoms in total. The fourth-order valence-electron chi connectivity index (χ4n) is 5.97. The molecule has 6 rings (SSSR count). The number of hydrogen-bond acceptors (Lipinski definition) is 6. The minimum Gasteiger partial charge on any atom is -0.384 e. The third kappa shape index (κ3) is 5.18. The number of H-pyrrole nitrogens is 1. The average Bonchev–Trinajstić information content (AvgIpc) is 3.69. The first-order valence-corrected chi connectivity index (χ1v) is 14.1. The predicted molar refractivity (Wildman–Crippen MR) is 161 cm³/mol. The number of halogens is 1. The van der Waals surface area contributed by atoms with Gasteiger partial charge in [-0.05, 0) is 54.1 Å². The van der Waals surface area contributed by atoms with E-state index in [9.17, 15) is 14.3 Å². The lowest BCUT2D eigenvalue weighted by molar-refractivity contribution is 0.0229.